The number of halogens is 2. The standard InChI is InChI=1S/C21H16Br2N2O4/c22-18-6-4-15(5-7-18)13-28-21-9-8-19(23)11-17(21)12-24-29-14-16-2-1-3-20(10-16)25(26)27/h1-12H,13-14H2/b24-12-. The Morgan fingerprint density at radius 3 is 2.45 bits per heavy atom. The van der Waals surface area contributed by atoms with Gasteiger partial charge in [0.15, 0.2) is 0 Å². The van der Waals surface area contributed by atoms with E-state index in [0.717, 1.165) is 20.1 Å². The summed E-state index contributed by atoms with van der Waals surface area (Å²) in [4.78, 5) is 15.7. The van der Waals surface area contributed by atoms with Crippen LogP contribution in [-0.4, -0.2) is 11.1 Å². The maximum Gasteiger partial charge on any atom is 0.269 e. The van der Waals surface area contributed by atoms with Crippen LogP contribution in [0.15, 0.2) is 80.8 Å². The van der Waals surface area contributed by atoms with Crippen molar-refractivity contribution in [1.29, 1.82) is 0 Å². The first-order valence-electron chi connectivity index (χ1n) is 8.57. The van der Waals surface area contributed by atoms with E-state index in [1.54, 1.807) is 18.3 Å². The van der Waals surface area contributed by atoms with Crippen molar-refractivity contribution in [2.45, 2.75) is 13.2 Å². The SMILES string of the molecule is O=[N+]([O-])c1cccc(CO/N=C\c2cc(Br)ccc2OCc2ccc(Br)cc2)c1. The van der Waals surface area contributed by atoms with Crippen molar-refractivity contribution in [2.24, 2.45) is 5.16 Å². The molecule has 0 radical (unpaired) electrons. The van der Waals surface area contributed by atoms with Gasteiger partial charge in [0.25, 0.3) is 5.69 Å². The van der Waals surface area contributed by atoms with E-state index in [2.05, 4.69) is 37.0 Å². The predicted octanol–water partition coefficient (Wildman–Crippen LogP) is 6.25. The van der Waals surface area contributed by atoms with Gasteiger partial charge in [0.1, 0.15) is 19.0 Å². The highest BCUT2D eigenvalue weighted by Gasteiger charge is 2.06. The average Bonchev–Trinajstić information content (AvgIpc) is 2.72. The third-order valence-electron chi connectivity index (χ3n) is 3.90. The van der Waals surface area contributed by atoms with Gasteiger partial charge in [-0.05, 0) is 41.5 Å². The van der Waals surface area contributed by atoms with Crippen molar-refractivity contribution in [3.63, 3.8) is 0 Å². The number of hydrogen-bond acceptors (Lipinski definition) is 5. The number of non-ortho nitro benzene ring substituents is 1. The molecular formula is C21H16Br2N2O4. The van der Waals surface area contributed by atoms with Crippen molar-refractivity contribution in [3.05, 3.63) is 102 Å². The Bertz CT molecular complexity index is 1020. The summed E-state index contributed by atoms with van der Waals surface area (Å²) in [5, 5.41) is 14.8. The number of benzene rings is 3. The molecule has 8 heteroatoms. The second-order valence-electron chi connectivity index (χ2n) is 6.03. The third-order valence-corrected chi connectivity index (χ3v) is 4.92. The Hall–Kier alpha value is -2.71. The minimum atomic E-state index is -0.441. The van der Waals surface area contributed by atoms with Crippen LogP contribution >= 0.6 is 31.9 Å². The van der Waals surface area contributed by atoms with Crippen LogP contribution in [0.2, 0.25) is 0 Å². The first-order chi connectivity index (χ1) is 14.0. The van der Waals surface area contributed by atoms with Crippen molar-refractivity contribution in [3.8, 4) is 5.75 Å². The number of nitro benzene ring substituents is 1. The zero-order valence-corrected chi connectivity index (χ0v) is 18.3. The van der Waals surface area contributed by atoms with E-state index in [0.29, 0.717) is 17.9 Å². The molecule has 0 amide bonds. The zero-order chi connectivity index (χ0) is 20.6. The fraction of sp³-hybridized carbons (Fsp3) is 0.0952. The third kappa shape index (κ3) is 6.40. The normalized spacial score (nSPS) is 10.8. The highest BCUT2D eigenvalue weighted by Crippen LogP contribution is 2.23. The lowest BCUT2D eigenvalue weighted by molar-refractivity contribution is -0.384. The molecular weight excluding hydrogens is 504 g/mol. The van der Waals surface area contributed by atoms with E-state index in [1.165, 1.54) is 12.1 Å². The van der Waals surface area contributed by atoms with Crippen molar-refractivity contribution >= 4 is 43.8 Å². The van der Waals surface area contributed by atoms with Gasteiger partial charge in [-0.25, -0.2) is 0 Å². The van der Waals surface area contributed by atoms with E-state index in [-0.39, 0.29) is 12.3 Å². The lowest BCUT2D eigenvalue weighted by atomic mass is 10.2. The largest absolute Gasteiger partial charge is 0.488 e. The monoisotopic (exact) mass is 518 g/mol. The summed E-state index contributed by atoms with van der Waals surface area (Å²) >= 11 is 6.85. The molecule has 0 spiro atoms. The lowest BCUT2D eigenvalue weighted by Gasteiger charge is -2.10. The molecule has 6 nitrogen and oxygen atoms in total. The summed E-state index contributed by atoms with van der Waals surface area (Å²) in [6.07, 6.45) is 1.55. The van der Waals surface area contributed by atoms with Crippen LogP contribution in [0.3, 0.4) is 0 Å². The van der Waals surface area contributed by atoms with Crippen LogP contribution in [0.1, 0.15) is 16.7 Å². The summed E-state index contributed by atoms with van der Waals surface area (Å²) in [5.74, 6) is 0.666. The van der Waals surface area contributed by atoms with Gasteiger partial charge in [-0.2, -0.15) is 0 Å². The Morgan fingerprint density at radius 2 is 1.69 bits per heavy atom. The Balaban J connectivity index is 1.63. The average molecular weight is 520 g/mol. The first-order valence-corrected chi connectivity index (χ1v) is 10.2. The van der Waals surface area contributed by atoms with Crippen LogP contribution in [0, 0.1) is 10.1 Å². The topological polar surface area (TPSA) is 74.0 Å². The fourth-order valence-electron chi connectivity index (χ4n) is 2.46. The highest BCUT2D eigenvalue weighted by molar-refractivity contribution is 9.10. The maximum absolute atomic E-state index is 10.8. The van der Waals surface area contributed by atoms with Gasteiger partial charge in [0.05, 0.1) is 11.1 Å². The predicted molar refractivity (Wildman–Crippen MR) is 118 cm³/mol. The van der Waals surface area contributed by atoms with Crippen molar-refractivity contribution < 1.29 is 14.5 Å². The molecule has 0 heterocycles. The van der Waals surface area contributed by atoms with Crippen LogP contribution in [0.5, 0.6) is 5.75 Å². The number of rotatable bonds is 8. The van der Waals surface area contributed by atoms with Crippen molar-refractivity contribution in [2.75, 3.05) is 0 Å². The maximum atomic E-state index is 10.8. The van der Waals surface area contributed by atoms with E-state index in [9.17, 15) is 10.1 Å². The number of oxime groups is 1. The van der Waals surface area contributed by atoms with Gasteiger partial charge in [-0.15, -0.1) is 0 Å². The molecule has 0 aromatic heterocycles. The molecule has 3 aromatic rings. The smallest absolute Gasteiger partial charge is 0.269 e. The molecule has 0 unspecified atom stereocenters. The molecule has 0 aliphatic rings. The van der Waals surface area contributed by atoms with Gasteiger partial charge in [-0.3, -0.25) is 10.1 Å². The molecule has 0 aliphatic carbocycles. The summed E-state index contributed by atoms with van der Waals surface area (Å²) in [7, 11) is 0. The van der Waals surface area contributed by atoms with Crippen molar-refractivity contribution in [1.82, 2.24) is 0 Å². The van der Waals surface area contributed by atoms with E-state index >= 15 is 0 Å². The summed E-state index contributed by atoms with van der Waals surface area (Å²) in [6, 6.07) is 19.8. The molecule has 3 aromatic carbocycles. The summed E-state index contributed by atoms with van der Waals surface area (Å²) in [5.41, 5.74) is 2.47. The quantitative estimate of drug-likeness (QED) is 0.200. The zero-order valence-electron chi connectivity index (χ0n) is 15.1. The molecule has 0 N–H and O–H groups in total. The Kier molecular flexibility index (Phi) is 7.37. The minimum Gasteiger partial charge on any atom is -0.488 e. The van der Waals surface area contributed by atoms with Crippen LogP contribution in [-0.2, 0) is 18.1 Å². The van der Waals surface area contributed by atoms with E-state index < -0.39 is 4.92 Å². The molecule has 0 saturated carbocycles. The van der Waals surface area contributed by atoms with E-state index in [1.807, 2.05) is 42.5 Å². The van der Waals surface area contributed by atoms with Gasteiger partial charge in [0, 0.05) is 26.6 Å². The van der Waals surface area contributed by atoms with Crippen LogP contribution in [0.4, 0.5) is 5.69 Å². The molecule has 29 heavy (non-hydrogen) atoms. The summed E-state index contributed by atoms with van der Waals surface area (Å²) in [6.45, 7) is 0.547. The number of nitro groups is 1. The van der Waals surface area contributed by atoms with Crippen LogP contribution < -0.4 is 4.74 Å². The summed E-state index contributed by atoms with van der Waals surface area (Å²) < 4.78 is 7.81. The molecule has 0 aliphatic heterocycles. The number of ether oxygens (including phenoxy) is 1. The molecule has 3 rings (SSSR count). The van der Waals surface area contributed by atoms with Gasteiger partial charge < -0.3 is 9.57 Å². The molecule has 148 valence electrons. The van der Waals surface area contributed by atoms with Crippen LogP contribution in [0.25, 0.3) is 0 Å². The number of nitrogens with zero attached hydrogens (tertiary/aromatic N) is 2. The number of hydrogen-bond donors (Lipinski definition) is 0. The molecule has 0 atom stereocenters. The second-order valence-corrected chi connectivity index (χ2v) is 7.86. The lowest BCUT2D eigenvalue weighted by Crippen LogP contribution is -1.99. The van der Waals surface area contributed by atoms with Gasteiger partial charge in [-0.1, -0.05) is 61.3 Å². The first kappa shape index (κ1) is 21.0. The van der Waals surface area contributed by atoms with E-state index in [4.69, 9.17) is 9.57 Å². The molecule has 0 fully saturated rings. The highest BCUT2D eigenvalue weighted by atomic mass is 79.9. The molecule has 0 saturated heterocycles. The Labute approximate surface area is 184 Å². The van der Waals surface area contributed by atoms with Gasteiger partial charge in [0.2, 0.25) is 0 Å². The Morgan fingerprint density at radius 1 is 0.931 bits per heavy atom. The fourth-order valence-corrected chi connectivity index (χ4v) is 3.10. The van der Waals surface area contributed by atoms with Gasteiger partial charge >= 0.3 is 0 Å². The second kappa shape index (κ2) is 10.2. The minimum absolute atomic E-state index is 0.0192. The molecule has 0 bridgehead atoms.